The van der Waals surface area contributed by atoms with Crippen molar-refractivity contribution in [1.82, 2.24) is 10.2 Å². The minimum atomic E-state index is -1.10. The molecule has 0 bridgehead atoms. The monoisotopic (exact) mass is 156 g/mol. The van der Waals surface area contributed by atoms with Crippen LogP contribution >= 0.6 is 0 Å². The second-order valence-electron chi connectivity index (χ2n) is 1.91. The highest BCUT2D eigenvalue weighted by Crippen LogP contribution is 2.16. The van der Waals surface area contributed by atoms with Gasteiger partial charge < -0.3 is 16.2 Å². The maximum atomic E-state index is 10.5. The van der Waals surface area contributed by atoms with Crippen LogP contribution in [0.5, 0.6) is 0 Å². The summed E-state index contributed by atoms with van der Waals surface area (Å²) < 4.78 is 0. The first-order valence-electron chi connectivity index (χ1n) is 2.91. The molecule has 0 saturated carbocycles. The molecule has 0 aliphatic carbocycles. The summed E-state index contributed by atoms with van der Waals surface area (Å²) in [4.78, 5) is 10.5. The van der Waals surface area contributed by atoms with E-state index in [1.807, 2.05) is 0 Å². The normalized spacial score (nSPS) is 9.55. The predicted molar refractivity (Wildman–Crippen MR) is 39.5 cm³/mol. The first-order valence-corrected chi connectivity index (χ1v) is 2.91. The van der Waals surface area contributed by atoms with Crippen molar-refractivity contribution in [2.45, 2.75) is 0 Å². The van der Waals surface area contributed by atoms with Gasteiger partial charge in [-0.05, 0) is 0 Å². The van der Waals surface area contributed by atoms with E-state index in [9.17, 15) is 4.79 Å². The molecule has 60 valence electrons. The van der Waals surface area contributed by atoms with Crippen LogP contribution in [0.15, 0.2) is 0 Å². The molecule has 1 heterocycles. The lowest BCUT2D eigenvalue weighted by atomic mass is 10.3. The molecular weight excluding hydrogens is 148 g/mol. The van der Waals surface area contributed by atoms with E-state index in [-0.39, 0.29) is 11.4 Å². The van der Waals surface area contributed by atoms with Crippen LogP contribution in [0.3, 0.4) is 0 Å². The van der Waals surface area contributed by atoms with Gasteiger partial charge in [-0.25, -0.2) is 4.79 Å². The highest BCUT2D eigenvalue weighted by molar-refractivity contribution is 5.98. The smallest absolute Gasteiger partial charge is 0.343 e. The van der Waals surface area contributed by atoms with Gasteiger partial charge in [-0.3, -0.25) is 5.10 Å². The van der Waals surface area contributed by atoms with Gasteiger partial charge in [-0.2, -0.15) is 5.10 Å². The van der Waals surface area contributed by atoms with Crippen LogP contribution in [0, 0.1) is 0 Å². The molecule has 1 rings (SSSR count). The van der Waals surface area contributed by atoms with Gasteiger partial charge >= 0.3 is 5.97 Å². The first-order chi connectivity index (χ1) is 5.16. The Labute approximate surface area is 62.4 Å². The summed E-state index contributed by atoms with van der Waals surface area (Å²) in [5.41, 5.74) is 5.23. The fourth-order valence-electron chi connectivity index (χ4n) is 0.753. The van der Waals surface area contributed by atoms with E-state index < -0.39 is 5.97 Å². The number of carboxylic acid groups (broad SMARTS) is 1. The molecular formula is C5H8N4O2. The topological polar surface area (TPSA) is 104 Å². The minimum Gasteiger partial charge on any atom is -0.477 e. The molecule has 1 aromatic rings. The number of aromatic amines is 1. The molecule has 1 aromatic heterocycles. The van der Waals surface area contributed by atoms with Crippen molar-refractivity contribution in [2.75, 3.05) is 18.1 Å². The average molecular weight is 156 g/mol. The molecule has 0 saturated heterocycles. The third-order valence-corrected chi connectivity index (χ3v) is 1.26. The van der Waals surface area contributed by atoms with Gasteiger partial charge in [0.25, 0.3) is 0 Å². The Kier molecular flexibility index (Phi) is 1.67. The van der Waals surface area contributed by atoms with Gasteiger partial charge in [0.1, 0.15) is 11.4 Å². The third kappa shape index (κ3) is 1.09. The molecule has 0 spiro atoms. The highest BCUT2D eigenvalue weighted by atomic mass is 16.4. The number of nitrogen functional groups attached to an aromatic ring is 1. The second-order valence-corrected chi connectivity index (χ2v) is 1.91. The zero-order chi connectivity index (χ0) is 8.43. The lowest BCUT2D eigenvalue weighted by Crippen LogP contribution is -2.03. The molecule has 0 amide bonds. The molecule has 0 atom stereocenters. The Bertz CT molecular complexity index is 280. The van der Waals surface area contributed by atoms with Gasteiger partial charge in [0, 0.05) is 7.05 Å². The Hall–Kier alpha value is -1.72. The van der Waals surface area contributed by atoms with Crippen LogP contribution < -0.4 is 11.1 Å². The molecule has 6 heteroatoms. The van der Waals surface area contributed by atoms with Crippen molar-refractivity contribution >= 4 is 17.6 Å². The van der Waals surface area contributed by atoms with Crippen LogP contribution in [-0.2, 0) is 0 Å². The van der Waals surface area contributed by atoms with Crippen LogP contribution in [-0.4, -0.2) is 28.3 Å². The number of carbonyl (C=O) groups is 1. The Morgan fingerprint density at radius 3 is 2.82 bits per heavy atom. The van der Waals surface area contributed by atoms with E-state index in [0.29, 0.717) is 5.82 Å². The second kappa shape index (κ2) is 2.49. The Balaban J connectivity index is 3.17. The first kappa shape index (κ1) is 7.39. The van der Waals surface area contributed by atoms with Crippen LogP contribution in [0.4, 0.5) is 11.6 Å². The van der Waals surface area contributed by atoms with Crippen molar-refractivity contribution in [1.29, 1.82) is 0 Å². The SMILES string of the molecule is CNc1[nH]nc(N)c1C(=O)O. The van der Waals surface area contributed by atoms with E-state index in [1.165, 1.54) is 0 Å². The van der Waals surface area contributed by atoms with Crippen LogP contribution in [0.25, 0.3) is 0 Å². The van der Waals surface area contributed by atoms with Gasteiger partial charge in [0.2, 0.25) is 0 Å². The van der Waals surface area contributed by atoms with Gasteiger partial charge in [0.05, 0.1) is 0 Å². The molecule has 0 fully saturated rings. The minimum absolute atomic E-state index is 0.0122. The van der Waals surface area contributed by atoms with Crippen molar-refractivity contribution in [2.24, 2.45) is 0 Å². The maximum Gasteiger partial charge on any atom is 0.343 e. The molecule has 11 heavy (non-hydrogen) atoms. The lowest BCUT2D eigenvalue weighted by molar-refractivity contribution is 0.0699. The van der Waals surface area contributed by atoms with Crippen molar-refractivity contribution in [3.8, 4) is 0 Å². The van der Waals surface area contributed by atoms with Crippen LogP contribution in [0.1, 0.15) is 10.4 Å². The summed E-state index contributed by atoms with van der Waals surface area (Å²) in [6.07, 6.45) is 0. The number of rotatable bonds is 2. The molecule has 0 aliphatic heterocycles. The number of hydrogen-bond donors (Lipinski definition) is 4. The molecule has 5 N–H and O–H groups in total. The molecule has 0 aliphatic rings. The summed E-state index contributed by atoms with van der Waals surface area (Å²) >= 11 is 0. The zero-order valence-electron chi connectivity index (χ0n) is 5.88. The number of anilines is 2. The van der Waals surface area contributed by atoms with Crippen molar-refractivity contribution < 1.29 is 9.90 Å². The number of aromatic nitrogens is 2. The number of carboxylic acids is 1. The highest BCUT2D eigenvalue weighted by Gasteiger charge is 2.16. The fraction of sp³-hybridized carbons (Fsp3) is 0.200. The lowest BCUT2D eigenvalue weighted by Gasteiger charge is -1.95. The molecule has 6 nitrogen and oxygen atoms in total. The van der Waals surface area contributed by atoms with Gasteiger partial charge in [-0.1, -0.05) is 0 Å². The van der Waals surface area contributed by atoms with E-state index in [0.717, 1.165) is 0 Å². The fourth-order valence-corrected chi connectivity index (χ4v) is 0.753. The summed E-state index contributed by atoms with van der Waals surface area (Å²) in [5.74, 6) is -0.794. The Morgan fingerprint density at radius 1 is 1.82 bits per heavy atom. The van der Waals surface area contributed by atoms with Crippen molar-refractivity contribution in [3.05, 3.63) is 5.56 Å². The van der Waals surface area contributed by atoms with Crippen LogP contribution in [0.2, 0.25) is 0 Å². The van der Waals surface area contributed by atoms with Gasteiger partial charge in [-0.15, -0.1) is 0 Å². The Morgan fingerprint density at radius 2 is 2.45 bits per heavy atom. The summed E-state index contributed by atoms with van der Waals surface area (Å²) in [7, 11) is 1.58. The standard InChI is InChI=1S/C5H8N4O2/c1-7-4-2(5(10)11)3(6)8-9-4/h1H3,(H,10,11)(H4,6,7,8,9). The summed E-state index contributed by atoms with van der Waals surface area (Å²) in [6.45, 7) is 0. The number of H-pyrrole nitrogens is 1. The predicted octanol–water partition coefficient (Wildman–Crippen LogP) is -0.268. The average Bonchev–Trinajstić information content (AvgIpc) is 2.30. The quantitative estimate of drug-likeness (QED) is 0.472. The number of hydrogen-bond acceptors (Lipinski definition) is 4. The molecule has 0 aromatic carbocycles. The number of aromatic carboxylic acids is 1. The molecule has 0 unspecified atom stereocenters. The maximum absolute atomic E-state index is 10.5. The van der Waals surface area contributed by atoms with E-state index in [1.54, 1.807) is 7.05 Å². The summed E-state index contributed by atoms with van der Waals surface area (Å²) in [5, 5.41) is 17.2. The van der Waals surface area contributed by atoms with Gasteiger partial charge in [0.15, 0.2) is 5.82 Å². The summed E-state index contributed by atoms with van der Waals surface area (Å²) in [6, 6.07) is 0. The van der Waals surface area contributed by atoms with E-state index in [4.69, 9.17) is 10.8 Å². The number of nitrogens with zero attached hydrogens (tertiary/aromatic N) is 1. The largest absolute Gasteiger partial charge is 0.477 e. The number of nitrogens with two attached hydrogens (primary N) is 1. The third-order valence-electron chi connectivity index (χ3n) is 1.26. The number of nitrogens with one attached hydrogen (secondary N) is 2. The van der Waals surface area contributed by atoms with E-state index >= 15 is 0 Å². The van der Waals surface area contributed by atoms with E-state index in [2.05, 4.69) is 15.5 Å². The zero-order valence-corrected chi connectivity index (χ0v) is 5.88. The van der Waals surface area contributed by atoms with Crippen molar-refractivity contribution in [3.63, 3.8) is 0 Å². The molecule has 0 radical (unpaired) electrons.